The van der Waals surface area contributed by atoms with Gasteiger partial charge in [-0.15, -0.1) is 0 Å². The number of carboxylic acids is 1. The fraction of sp³-hybridized carbons (Fsp3) is 0.810. The summed E-state index contributed by atoms with van der Waals surface area (Å²) < 4.78 is 11.0. The van der Waals surface area contributed by atoms with Crippen LogP contribution >= 0.6 is 0 Å². The van der Waals surface area contributed by atoms with E-state index in [9.17, 15) is 54.1 Å². The fourth-order valence-corrected chi connectivity index (χ4v) is 10.0. The summed E-state index contributed by atoms with van der Waals surface area (Å²) in [7, 11) is -0.876. The molecule has 0 spiro atoms. The number of benzene rings is 1. The fourth-order valence-electron chi connectivity index (χ4n) is 10.0. The van der Waals surface area contributed by atoms with E-state index < -0.39 is 64.0 Å². The summed E-state index contributed by atoms with van der Waals surface area (Å²) in [5.74, 6) is -1.39. The summed E-state index contributed by atoms with van der Waals surface area (Å²) >= 11 is 0. The number of Topliss-reactive ketones (excluding diaryl/α,β-unsaturated/α-hetero) is 4. The van der Waals surface area contributed by atoms with Crippen LogP contribution < -0.4 is 21.3 Å². The van der Waals surface area contributed by atoms with E-state index >= 15 is 0 Å². The van der Waals surface area contributed by atoms with Gasteiger partial charge in [-0.05, 0) is 72.9 Å². The number of aliphatic carboxylic acids is 1. The second kappa shape index (κ2) is 45.9. The van der Waals surface area contributed by atoms with Gasteiger partial charge in [0.05, 0.1) is 37.4 Å². The van der Waals surface area contributed by atoms with Crippen LogP contribution in [0, 0.1) is 29.6 Å². The summed E-state index contributed by atoms with van der Waals surface area (Å²) in [5, 5.41) is 61.0. The molecule has 1 aliphatic heterocycles. The highest BCUT2D eigenvalue weighted by molar-refractivity contribution is 6.52. The highest BCUT2D eigenvalue weighted by atomic mass is 16.6. The van der Waals surface area contributed by atoms with Crippen LogP contribution in [0.1, 0.15) is 195 Å². The van der Waals surface area contributed by atoms with Crippen molar-refractivity contribution in [2.24, 2.45) is 29.6 Å². The zero-order valence-corrected chi connectivity index (χ0v) is 55.5. The maximum Gasteiger partial charge on any atom is 0.531 e. The standard InChI is InChI=1S/C19H32BNO2.C17H30BNO6.C14H30BNO3.C12H26BNO2.CH4/c1-14(2)11-17(20(5)23)13-19(22)18(21-15(3)4)12-16-9-7-6-8-10-16;1-6-14-15(16(21)22)17(23)25-18(24-14)12(7-10(2)3)8-13(20)9-19-11(4)5;1-9(2)7-12(15(6)19)8-13(18)14(11(5)17)16-10(3)4;1-9(2)6-11(13(5)16)7-12(15)8-14-10(3)4;/h6-10,14-15,17-18,21,23H,11-13H2,1-5H3;10-12,14-15,19H,6-9H2,1-5H3,(H,21,22);9-12,14,16-17,19H,7-8H2,1-6H3;9-11,14,16H,6-8H2,1-5H3;1H4/t17-,18+;12-,14?,15?;11-,12-,14+;11-;/m1111./s1. The number of rotatable bonds is 37. The van der Waals surface area contributed by atoms with Crippen molar-refractivity contribution in [3.63, 3.8) is 0 Å². The molecule has 0 amide bonds. The molecule has 1 fully saturated rings. The topological polar surface area (TPSA) is 270 Å². The molecule has 0 aromatic heterocycles. The van der Waals surface area contributed by atoms with Gasteiger partial charge in [0.25, 0.3) is 20.7 Å². The van der Waals surface area contributed by atoms with Crippen LogP contribution in [0.25, 0.3) is 0 Å². The minimum Gasteiger partial charge on any atom is -0.509 e. The lowest BCUT2D eigenvalue weighted by atomic mass is 9.54. The molecule has 0 aliphatic carbocycles. The first-order valence-electron chi connectivity index (χ1n) is 31.3. The average Bonchev–Trinajstić information content (AvgIpc) is 3.42. The molecule has 1 heterocycles. The summed E-state index contributed by atoms with van der Waals surface area (Å²) in [5.41, 5.74) is 1.16. The van der Waals surface area contributed by atoms with E-state index in [1.165, 1.54) is 0 Å². The van der Waals surface area contributed by atoms with Gasteiger partial charge in [-0.1, -0.05) is 195 Å². The third-order valence-corrected chi connectivity index (χ3v) is 14.2. The SMILES string of the molecule is C.CB(O)[C@@H](CC(=O)CNC(C)C)CC(C)C.CB(O)[C@@H](CC(=O)[C@@H](NC(C)C)[C@@H](C)O)CC(C)C.CB(O)[C@@H](CC(=O)[C@H](Cc1ccccc1)NC(C)C)CC(C)C.CCC1OB([C@@H](CC(=O)CNC(C)C)CC(C)C)OC(=O)C1C(=O)O. The number of hydrogen-bond acceptors (Lipinski definition) is 16. The number of ketones is 4. The Hall–Kier alpha value is -3.26. The highest BCUT2D eigenvalue weighted by Gasteiger charge is 2.49. The van der Waals surface area contributed by atoms with Crippen LogP contribution in [0.5, 0.6) is 0 Å². The van der Waals surface area contributed by atoms with Crippen molar-refractivity contribution in [3.05, 3.63) is 35.9 Å². The van der Waals surface area contributed by atoms with Crippen molar-refractivity contribution in [1.29, 1.82) is 0 Å². The number of nitrogens with one attached hydrogen (secondary N) is 4. The number of carbonyl (C=O) groups is 6. The molecule has 2 unspecified atom stereocenters. The Bertz CT molecular complexity index is 1940. The van der Waals surface area contributed by atoms with Gasteiger partial charge in [-0.2, -0.15) is 0 Å². The van der Waals surface area contributed by atoms with Crippen molar-refractivity contribution in [3.8, 4) is 0 Å². The number of aliphatic hydroxyl groups is 1. The number of aliphatic hydroxyl groups excluding tert-OH is 1. The highest BCUT2D eigenvalue weighted by Crippen LogP contribution is 2.33. The van der Waals surface area contributed by atoms with Crippen LogP contribution in [-0.2, 0) is 44.5 Å². The Morgan fingerprint density at radius 3 is 1.35 bits per heavy atom. The summed E-state index contributed by atoms with van der Waals surface area (Å²) in [6, 6.07) is 10.3. The summed E-state index contributed by atoms with van der Waals surface area (Å²) in [6.45, 7) is 40.7. The van der Waals surface area contributed by atoms with E-state index in [4.69, 9.17) is 9.31 Å². The zero-order chi connectivity index (χ0) is 64.4. The molecule has 1 aromatic carbocycles. The quantitative estimate of drug-likeness (QED) is 0.0221. The Kier molecular flexibility index (Phi) is 46.5. The Morgan fingerprint density at radius 2 is 0.988 bits per heavy atom. The number of carbonyl (C=O) groups excluding carboxylic acids is 5. The minimum atomic E-state index is -1.31. The molecule has 1 aromatic rings. The Morgan fingerprint density at radius 1 is 0.583 bits per heavy atom. The van der Waals surface area contributed by atoms with Crippen LogP contribution in [0.4, 0.5) is 0 Å². The molecule has 21 heteroatoms. The van der Waals surface area contributed by atoms with Crippen molar-refractivity contribution in [2.45, 2.75) is 288 Å². The van der Waals surface area contributed by atoms with Crippen molar-refractivity contribution in [2.75, 3.05) is 13.1 Å². The van der Waals surface area contributed by atoms with Gasteiger partial charge in [-0.25, -0.2) is 0 Å². The van der Waals surface area contributed by atoms with Crippen molar-refractivity contribution >= 4 is 62.9 Å². The lowest BCUT2D eigenvalue weighted by molar-refractivity contribution is -0.164. The largest absolute Gasteiger partial charge is 0.531 e. The van der Waals surface area contributed by atoms with Crippen molar-refractivity contribution in [1.82, 2.24) is 21.3 Å². The molecule has 484 valence electrons. The molecule has 1 saturated heterocycles. The lowest BCUT2D eigenvalue weighted by Crippen LogP contribution is -2.51. The van der Waals surface area contributed by atoms with E-state index in [-0.39, 0.29) is 96.9 Å². The number of carboxylic acid groups (broad SMARTS) is 1. The summed E-state index contributed by atoms with van der Waals surface area (Å²) in [6.07, 6.45) is 4.35. The second-order valence-electron chi connectivity index (χ2n) is 26.5. The third-order valence-electron chi connectivity index (χ3n) is 14.2. The lowest BCUT2D eigenvalue weighted by Gasteiger charge is -2.34. The van der Waals surface area contributed by atoms with Gasteiger partial charge < -0.3 is 55.9 Å². The van der Waals surface area contributed by atoms with Gasteiger partial charge in [0.1, 0.15) is 17.3 Å². The monoisotopic (exact) mass is 1190 g/mol. The van der Waals surface area contributed by atoms with E-state index in [2.05, 4.69) is 88.8 Å². The first kappa shape index (κ1) is 84.9. The molecule has 0 bridgehead atoms. The van der Waals surface area contributed by atoms with Gasteiger partial charge in [0.15, 0.2) is 11.7 Å². The zero-order valence-electron chi connectivity index (χ0n) is 55.5. The van der Waals surface area contributed by atoms with Crippen LogP contribution in [0.3, 0.4) is 0 Å². The molecule has 1 aliphatic rings. The maximum atomic E-state index is 12.8. The van der Waals surface area contributed by atoms with Crippen molar-refractivity contribution < 1.29 is 63.4 Å². The molecule has 0 saturated carbocycles. The van der Waals surface area contributed by atoms with E-state index in [1.807, 2.05) is 73.6 Å². The molecule has 2 rings (SSSR count). The first-order valence-corrected chi connectivity index (χ1v) is 31.3. The normalized spacial score (nSPS) is 16.7. The van der Waals surface area contributed by atoms with E-state index in [0.29, 0.717) is 68.9 Å². The predicted molar refractivity (Wildman–Crippen MR) is 350 cm³/mol. The van der Waals surface area contributed by atoms with Crippen LogP contribution in [-0.4, -0.2) is 150 Å². The molecule has 9 N–H and O–H groups in total. The molecule has 84 heavy (non-hydrogen) atoms. The van der Waals surface area contributed by atoms with E-state index in [0.717, 1.165) is 24.8 Å². The maximum absolute atomic E-state index is 12.8. The summed E-state index contributed by atoms with van der Waals surface area (Å²) in [4.78, 5) is 72.4. The third kappa shape index (κ3) is 40.2. The van der Waals surface area contributed by atoms with Crippen LogP contribution in [0.2, 0.25) is 43.7 Å². The molecular weight excluding hydrogens is 1060 g/mol. The molecule has 17 nitrogen and oxygen atoms in total. The van der Waals surface area contributed by atoms with Gasteiger partial charge >= 0.3 is 19.1 Å². The van der Waals surface area contributed by atoms with Gasteiger partial charge in [-0.3, -0.25) is 28.8 Å². The molecule has 0 radical (unpaired) electrons. The minimum absolute atomic E-state index is 0. The first-order chi connectivity index (χ1) is 38.4. The van der Waals surface area contributed by atoms with Gasteiger partial charge in [0.2, 0.25) is 0 Å². The predicted octanol–water partition coefficient (Wildman–Crippen LogP) is 9.82. The molecular formula is C63H122B4N4O13. The smallest absolute Gasteiger partial charge is 0.509 e. The second-order valence-corrected chi connectivity index (χ2v) is 26.5. The Balaban J connectivity index is -0.00000105. The molecule has 9 atom stereocenters. The Labute approximate surface area is 512 Å². The van der Waals surface area contributed by atoms with Crippen LogP contribution in [0.15, 0.2) is 30.3 Å². The average molecular weight is 1190 g/mol. The van der Waals surface area contributed by atoms with E-state index in [1.54, 1.807) is 34.3 Å². The number of hydrogen-bond donors (Lipinski definition) is 9. The van der Waals surface area contributed by atoms with Gasteiger partial charge in [0, 0.05) is 55.7 Å².